The summed E-state index contributed by atoms with van der Waals surface area (Å²) in [7, 11) is 0. The van der Waals surface area contributed by atoms with Gasteiger partial charge in [0.1, 0.15) is 29.9 Å². The van der Waals surface area contributed by atoms with Crippen molar-refractivity contribution in [3.8, 4) is 0 Å². The molecule has 1 fully saturated rings. The summed E-state index contributed by atoms with van der Waals surface area (Å²) in [6.45, 7) is 9.21. The van der Waals surface area contributed by atoms with Gasteiger partial charge in [-0.15, -0.1) is 0 Å². The maximum absolute atomic E-state index is 14.7. The van der Waals surface area contributed by atoms with E-state index in [1.54, 1.807) is 0 Å². The normalized spacial score (nSPS) is 18.7. The van der Waals surface area contributed by atoms with Crippen molar-refractivity contribution in [3.05, 3.63) is 60.2 Å². The van der Waals surface area contributed by atoms with Crippen LogP contribution in [0.5, 0.6) is 0 Å². The molecule has 2 aromatic rings. The second kappa shape index (κ2) is 6.89. The summed E-state index contributed by atoms with van der Waals surface area (Å²) in [6.07, 6.45) is 4.49. The first-order valence-corrected chi connectivity index (χ1v) is 8.66. The van der Waals surface area contributed by atoms with Gasteiger partial charge in [0, 0.05) is 24.7 Å². The third-order valence-electron chi connectivity index (χ3n) is 5.51. The molecule has 1 aliphatic heterocycles. The van der Waals surface area contributed by atoms with Gasteiger partial charge in [-0.05, 0) is 32.8 Å². The molecule has 1 aromatic carbocycles. The molecule has 1 aromatic heterocycles. The predicted molar refractivity (Wildman–Crippen MR) is 94.3 cm³/mol. The van der Waals surface area contributed by atoms with Gasteiger partial charge in [-0.1, -0.05) is 18.2 Å². The highest BCUT2D eigenvalue weighted by Gasteiger charge is 2.50. The van der Waals surface area contributed by atoms with E-state index in [2.05, 4.69) is 21.6 Å². The summed E-state index contributed by atoms with van der Waals surface area (Å²) < 4.78 is 29.6. The zero-order valence-corrected chi connectivity index (χ0v) is 15.1. The molecule has 26 heavy (non-hydrogen) atoms. The third kappa shape index (κ3) is 3.29. The third-order valence-corrected chi connectivity index (χ3v) is 5.51. The zero-order chi connectivity index (χ0) is 18.9. The Balaban J connectivity index is 2.05. The quantitative estimate of drug-likeness (QED) is 0.831. The van der Waals surface area contributed by atoms with Gasteiger partial charge in [-0.25, -0.2) is 18.4 Å². The SMILES string of the molecule is C=C1CCN(C(C)(C)[C@](O)(Cn2cncn2)c2ccc(F)cc2F)CC1. The van der Waals surface area contributed by atoms with Gasteiger partial charge < -0.3 is 5.11 Å². The molecule has 1 atom stereocenters. The van der Waals surface area contributed by atoms with Crippen LogP contribution in [-0.4, -0.2) is 43.4 Å². The van der Waals surface area contributed by atoms with E-state index in [4.69, 9.17) is 0 Å². The molecule has 0 spiro atoms. The standard InChI is InChI=1S/C19H24F2N4O/c1-14-6-8-24(9-7-14)18(2,3)19(26,11-25-13-22-12-23-25)16-5-4-15(20)10-17(16)21/h4-5,10,12-13,26H,1,6-9,11H2,2-3H3/t19-/m0/s1. The van der Waals surface area contributed by atoms with Crippen LogP contribution in [0.1, 0.15) is 32.3 Å². The minimum Gasteiger partial charge on any atom is -0.381 e. The van der Waals surface area contributed by atoms with Crippen molar-refractivity contribution in [1.82, 2.24) is 19.7 Å². The fourth-order valence-corrected chi connectivity index (χ4v) is 3.63. The fourth-order valence-electron chi connectivity index (χ4n) is 3.63. The number of hydrogen-bond donors (Lipinski definition) is 1. The molecule has 3 rings (SSSR count). The molecule has 5 nitrogen and oxygen atoms in total. The first-order valence-electron chi connectivity index (χ1n) is 8.66. The summed E-state index contributed by atoms with van der Waals surface area (Å²) in [5, 5.41) is 15.8. The van der Waals surface area contributed by atoms with Gasteiger partial charge in [-0.3, -0.25) is 4.90 Å². The highest BCUT2D eigenvalue weighted by molar-refractivity contribution is 5.29. The molecule has 0 amide bonds. The lowest BCUT2D eigenvalue weighted by Crippen LogP contribution is -2.62. The number of piperidine rings is 1. The van der Waals surface area contributed by atoms with Crippen LogP contribution >= 0.6 is 0 Å². The Morgan fingerprint density at radius 2 is 1.92 bits per heavy atom. The van der Waals surface area contributed by atoms with E-state index in [1.165, 1.54) is 35.0 Å². The van der Waals surface area contributed by atoms with Gasteiger partial charge in [0.05, 0.1) is 12.1 Å². The zero-order valence-electron chi connectivity index (χ0n) is 15.1. The lowest BCUT2D eigenvalue weighted by Gasteiger charge is -2.51. The number of aliphatic hydroxyl groups is 1. The predicted octanol–water partition coefficient (Wildman–Crippen LogP) is 2.87. The molecule has 0 aliphatic carbocycles. The van der Waals surface area contributed by atoms with Crippen molar-refractivity contribution < 1.29 is 13.9 Å². The molecule has 0 bridgehead atoms. The Bertz CT molecular complexity index is 781. The van der Waals surface area contributed by atoms with Gasteiger partial charge >= 0.3 is 0 Å². The molecule has 1 saturated heterocycles. The van der Waals surface area contributed by atoms with Crippen LogP contribution in [-0.2, 0) is 12.1 Å². The second-order valence-corrected chi connectivity index (χ2v) is 7.37. The lowest BCUT2D eigenvalue weighted by atomic mass is 9.74. The van der Waals surface area contributed by atoms with E-state index in [0.29, 0.717) is 13.1 Å². The summed E-state index contributed by atoms with van der Waals surface area (Å²) in [5.74, 6) is -1.46. The minimum absolute atomic E-state index is 0.00000118. The van der Waals surface area contributed by atoms with Gasteiger partial charge in [0.15, 0.2) is 0 Å². The molecule has 0 saturated carbocycles. The second-order valence-electron chi connectivity index (χ2n) is 7.37. The van der Waals surface area contributed by atoms with E-state index in [1.807, 2.05) is 13.8 Å². The molecule has 0 radical (unpaired) electrons. The van der Waals surface area contributed by atoms with E-state index in [0.717, 1.165) is 18.9 Å². The lowest BCUT2D eigenvalue weighted by molar-refractivity contribution is -0.120. The van der Waals surface area contributed by atoms with E-state index >= 15 is 0 Å². The van der Waals surface area contributed by atoms with Crippen molar-refractivity contribution in [1.29, 1.82) is 0 Å². The van der Waals surface area contributed by atoms with Crippen molar-refractivity contribution >= 4 is 0 Å². The van der Waals surface area contributed by atoms with E-state index in [-0.39, 0.29) is 12.1 Å². The van der Waals surface area contributed by atoms with Crippen molar-refractivity contribution in [2.24, 2.45) is 0 Å². The molecular weight excluding hydrogens is 338 g/mol. The summed E-state index contributed by atoms with van der Waals surface area (Å²) >= 11 is 0. The van der Waals surface area contributed by atoms with Crippen LogP contribution in [0.2, 0.25) is 0 Å². The van der Waals surface area contributed by atoms with Gasteiger partial charge in [-0.2, -0.15) is 5.10 Å². The smallest absolute Gasteiger partial charge is 0.137 e. The number of nitrogens with zero attached hydrogens (tertiary/aromatic N) is 4. The number of hydrogen-bond acceptors (Lipinski definition) is 4. The fraction of sp³-hybridized carbons (Fsp3) is 0.474. The summed E-state index contributed by atoms with van der Waals surface area (Å²) in [5.41, 5.74) is -1.26. The number of aromatic nitrogens is 3. The largest absolute Gasteiger partial charge is 0.381 e. The Kier molecular flexibility index (Phi) is 4.94. The molecule has 1 aliphatic rings. The Hall–Kier alpha value is -2.12. The first-order chi connectivity index (χ1) is 12.2. The van der Waals surface area contributed by atoms with E-state index < -0.39 is 22.8 Å². The topological polar surface area (TPSA) is 54.2 Å². The summed E-state index contributed by atoms with van der Waals surface area (Å²) in [6, 6.07) is 3.28. The van der Waals surface area contributed by atoms with Crippen molar-refractivity contribution in [3.63, 3.8) is 0 Å². The number of rotatable bonds is 5. The number of benzene rings is 1. The molecule has 7 heteroatoms. The highest BCUT2D eigenvalue weighted by Crippen LogP contribution is 2.41. The van der Waals surface area contributed by atoms with Gasteiger partial charge in [0.25, 0.3) is 0 Å². The van der Waals surface area contributed by atoms with Crippen molar-refractivity contribution in [2.75, 3.05) is 13.1 Å². The monoisotopic (exact) mass is 362 g/mol. The maximum Gasteiger partial charge on any atom is 0.137 e. The first kappa shape index (κ1) is 18.7. The molecular formula is C19H24F2N4O. The number of likely N-dealkylation sites (tertiary alicyclic amines) is 1. The van der Waals surface area contributed by atoms with Crippen LogP contribution < -0.4 is 0 Å². The molecule has 0 unspecified atom stereocenters. The molecule has 140 valence electrons. The van der Waals surface area contributed by atoms with Crippen LogP contribution in [0, 0.1) is 11.6 Å². The molecule has 2 heterocycles. The Morgan fingerprint density at radius 1 is 1.23 bits per heavy atom. The van der Waals surface area contributed by atoms with Crippen molar-refractivity contribution in [2.45, 2.75) is 44.4 Å². The average molecular weight is 362 g/mol. The minimum atomic E-state index is -1.64. The van der Waals surface area contributed by atoms with Crippen LogP contribution in [0.3, 0.4) is 0 Å². The maximum atomic E-state index is 14.7. The average Bonchev–Trinajstić information content (AvgIpc) is 3.07. The Labute approximate surface area is 152 Å². The number of halogens is 2. The highest BCUT2D eigenvalue weighted by atomic mass is 19.1. The van der Waals surface area contributed by atoms with Crippen LogP contribution in [0.15, 0.2) is 43.0 Å². The summed E-state index contributed by atoms with van der Waals surface area (Å²) in [4.78, 5) is 6.03. The van der Waals surface area contributed by atoms with Gasteiger partial charge in [0.2, 0.25) is 0 Å². The van der Waals surface area contributed by atoms with Crippen LogP contribution in [0.4, 0.5) is 8.78 Å². The van der Waals surface area contributed by atoms with E-state index in [9.17, 15) is 13.9 Å². The molecule has 1 N–H and O–H groups in total. The Morgan fingerprint density at radius 3 is 2.50 bits per heavy atom. The van der Waals surface area contributed by atoms with Crippen LogP contribution in [0.25, 0.3) is 0 Å².